The third kappa shape index (κ3) is 4.87. The molecule has 0 unspecified atom stereocenters. The van der Waals surface area contributed by atoms with E-state index in [1.165, 1.54) is 6.07 Å². The maximum atomic E-state index is 12.6. The third-order valence-corrected chi connectivity index (χ3v) is 5.49. The fourth-order valence-electron chi connectivity index (χ4n) is 3.13. The number of carbonyl (C=O) groups is 1. The molecule has 2 aromatic heterocycles. The predicted octanol–water partition coefficient (Wildman–Crippen LogP) is 5.80. The van der Waals surface area contributed by atoms with Crippen molar-refractivity contribution in [3.63, 3.8) is 0 Å². The van der Waals surface area contributed by atoms with Gasteiger partial charge in [-0.2, -0.15) is 13.2 Å². The molecule has 0 aliphatic rings. The van der Waals surface area contributed by atoms with Crippen LogP contribution in [0.5, 0.6) is 0 Å². The summed E-state index contributed by atoms with van der Waals surface area (Å²) in [5.74, 6) is 0.250. The maximum absolute atomic E-state index is 12.6. The molecule has 0 bridgehead atoms. The Hall–Kier alpha value is -3.10. The van der Waals surface area contributed by atoms with Crippen molar-refractivity contribution < 1.29 is 18.0 Å². The van der Waals surface area contributed by atoms with Gasteiger partial charge in [0.1, 0.15) is 5.82 Å². The summed E-state index contributed by atoms with van der Waals surface area (Å²) in [4.78, 5) is 23.9. The minimum atomic E-state index is -4.45. The zero-order valence-electron chi connectivity index (χ0n) is 16.3. The summed E-state index contributed by atoms with van der Waals surface area (Å²) >= 11 is 12.4. The second-order valence-electron chi connectivity index (χ2n) is 7.01. The number of halogens is 5. The van der Waals surface area contributed by atoms with E-state index >= 15 is 0 Å². The lowest BCUT2D eigenvalue weighted by Crippen LogP contribution is -2.23. The number of hydrogen-bond acceptors (Lipinski definition) is 3. The van der Waals surface area contributed by atoms with Crippen LogP contribution in [0.1, 0.15) is 33.0 Å². The molecule has 0 spiro atoms. The van der Waals surface area contributed by atoms with E-state index in [9.17, 15) is 18.0 Å². The van der Waals surface area contributed by atoms with Gasteiger partial charge in [-0.25, -0.2) is 4.98 Å². The molecule has 10 heteroatoms. The molecule has 4 aromatic rings. The number of benzene rings is 2. The van der Waals surface area contributed by atoms with E-state index in [1.807, 2.05) is 0 Å². The maximum Gasteiger partial charge on any atom is 0.417 e. The molecule has 2 heterocycles. The van der Waals surface area contributed by atoms with Crippen LogP contribution >= 0.6 is 23.2 Å². The highest BCUT2D eigenvalue weighted by Crippen LogP contribution is 2.28. The van der Waals surface area contributed by atoms with Crippen LogP contribution in [0.15, 0.2) is 54.7 Å². The van der Waals surface area contributed by atoms with Gasteiger partial charge in [0.05, 0.1) is 28.8 Å². The highest BCUT2D eigenvalue weighted by atomic mass is 35.5. The quantitative estimate of drug-likeness (QED) is 0.380. The van der Waals surface area contributed by atoms with E-state index in [0.29, 0.717) is 44.6 Å². The predicted molar refractivity (Wildman–Crippen MR) is 116 cm³/mol. The Labute approximate surface area is 190 Å². The van der Waals surface area contributed by atoms with Crippen LogP contribution in [0, 0.1) is 0 Å². The molecule has 1 amide bonds. The smallest absolute Gasteiger partial charge is 0.346 e. The number of alkyl halides is 3. The molecule has 164 valence electrons. The van der Waals surface area contributed by atoms with Gasteiger partial charge in [-0.3, -0.25) is 9.78 Å². The second kappa shape index (κ2) is 8.80. The summed E-state index contributed by atoms with van der Waals surface area (Å²) in [6, 6.07) is 12.4. The molecule has 0 aliphatic carbocycles. The molecular formula is C22H15Cl2F3N4O. The number of amides is 1. The van der Waals surface area contributed by atoms with Gasteiger partial charge in [0.25, 0.3) is 5.91 Å². The average molecular weight is 479 g/mol. The minimum absolute atomic E-state index is 0.00572. The van der Waals surface area contributed by atoms with Crippen LogP contribution in [0.25, 0.3) is 11.0 Å². The van der Waals surface area contributed by atoms with Crippen LogP contribution in [0.2, 0.25) is 10.0 Å². The van der Waals surface area contributed by atoms with E-state index < -0.39 is 11.7 Å². The summed E-state index contributed by atoms with van der Waals surface area (Å²) in [5, 5.41) is 3.72. The zero-order chi connectivity index (χ0) is 22.9. The molecule has 0 atom stereocenters. The zero-order valence-corrected chi connectivity index (χ0v) is 17.8. The fourth-order valence-corrected chi connectivity index (χ4v) is 3.66. The van der Waals surface area contributed by atoms with Crippen molar-refractivity contribution in [3.8, 4) is 0 Å². The Morgan fingerprint density at radius 1 is 1.06 bits per heavy atom. The molecule has 0 fully saturated rings. The Morgan fingerprint density at radius 2 is 1.81 bits per heavy atom. The first-order valence-corrected chi connectivity index (χ1v) is 10.2. The first-order chi connectivity index (χ1) is 15.2. The fraction of sp³-hybridized carbons (Fsp3) is 0.136. The van der Waals surface area contributed by atoms with Gasteiger partial charge < -0.3 is 10.3 Å². The molecule has 2 aromatic carbocycles. The lowest BCUT2D eigenvalue weighted by molar-refractivity contribution is -0.137. The minimum Gasteiger partial charge on any atom is -0.346 e. The summed E-state index contributed by atoms with van der Waals surface area (Å²) in [6.07, 6.45) is -3.32. The van der Waals surface area contributed by atoms with Crippen molar-refractivity contribution in [2.75, 3.05) is 0 Å². The van der Waals surface area contributed by atoms with Crippen LogP contribution in [-0.4, -0.2) is 20.9 Å². The number of fused-ring (bicyclic) bond motifs is 1. The normalized spacial score (nSPS) is 11.7. The molecule has 2 N–H and O–H groups in total. The number of rotatable bonds is 5. The number of pyridine rings is 1. The van der Waals surface area contributed by atoms with E-state index in [2.05, 4.69) is 20.3 Å². The summed E-state index contributed by atoms with van der Waals surface area (Å²) in [6.45, 7) is -0.00572. The Morgan fingerprint density at radius 3 is 2.47 bits per heavy atom. The highest BCUT2D eigenvalue weighted by Gasteiger charge is 2.30. The van der Waals surface area contributed by atoms with Crippen molar-refractivity contribution in [1.29, 1.82) is 0 Å². The Kier molecular flexibility index (Phi) is 6.08. The molecule has 32 heavy (non-hydrogen) atoms. The van der Waals surface area contributed by atoms with Crippen LogP contribution in [-0.2, 0) is 19.1 Å². The number of imidazole rings is 1. The Balaban J connectivity index is 1.46. The number of aromatic nitrogens is 3. The number of nitrogens with zero attached hydrogens (tertiary/aromatic N) is 2. The topological polar surface area (TPSA) is 70.7 Å². The first-order valence-electron chi connectivity index (χ1n) is 9.42. The lowest BCUT2D eigenvalue weighted by Gasteiger charge is -2.08. The van der Waals surface area contributed by atoms with Gasteiger partial charge in [-0.1, -0.05) is 29.3 Å². The van der Waals surface area contributed by atoms with Gasteiger partial charge in [0, 0.05) is 28.2 Å². The molecule has 5 nitrogen and oxygen atoms in total. The monoisotopic (exact) mass is 478 g/mol. The van der Waals surface area contributed by atoms with E-state index in [4.69, 9.17) is 23.2 Å². The molecule has 0 radical (unpaired) electrons. The number of hydrogen-bond donors (Lipinski definition) is 2. The highest BCUT2D eigenvalue weighted by molar-refractivity contribution is 6.36. The van der Waals surface area contributed by atoms with Gasteiger partial charge in [-0.15, -0.1) is 0 Å². The van der Waals surface area contributed by atoms with E-state index in [-0.39, 0.29) is 12.5 Å². The van der Waals surface area contributed by atoms with Gasteiger partial charge in [0.15, 0.2) is 0 Å². The van der Waals surface area contributed by atoms with Crippen molar-refractivity contribution in [3.05, 3.63) is 93.0 Å². The third-order valence-electron chi connectivity index (χ3n) is 4.78. The van der Waals surface area contributed by atoms with E-state index in [0.717, 1.165) is 17.8 Å². The SMILES string of the molecule is O=C(NCc1ccc(C(F)(F)F)cn1)c1ccc2nc(Cc3c(Cl)cccc3Cl)[nH]c2c1. The Bertz CT molecular complexity index is 1270. The van der Waals surface area contributed by atoms with Gasteiger partial charge >= 0.3 is 6.18 Å². The standard InChI is InChI=1S/C22H15Cl2F3N4O/c23-16-2-1-3-17(24)15(16)9-20-30-18-7-4-12(8-19(18)31-20)21(32)29-11-14-6-5-13(10-28-14)22(25,26)27/h1-8,10H,9,11H2,(H,29,32)(H,30,31). The summed E-state index contributed by atoms with van der Waals surface area (Å²) in [7, 11) is 0. The molecule has 0 saturated carbocycles. The van der Waals surface area contributed by atoms with E-state index in [1.54, 1.807) is 36.4 Å². The van der Waals surface area contributed by atoms with Crippen LogP contribution < -0.4 is 5.32 Å². The second-order valence-corrected chi connectivity index (χ2v) is 7.83. The number of H-pyrrole nitrogens is 1. The number of aromatic amines is 1. The number of nitrogens with one attached hydrogen (secondary N) is 2. The lowest BCUT2D eigenvalue weighted by atomic mass is 10.1. The summed E-state index contributed by atoms with van der Waals surface area (Å²) in [5.41, 5.74) is 1.92. The number of carbonyl (C=O) groups excluding carboxylic acids is 1. The van der Waals surface area contributed by atoms with Crippen molar-refractivity contribution >= 4 is 40.1 Å². The molecular weight excluding hydrogens is 464 g/mol. The molecule has 0 aliphatic heterocycles. The van der Waals surface area contributed by atoms with Crippen molar-refractivity contribution in [2.45, 2.75) is 19.1 Å². The average Bonchev–Trinajstić information content (AvgIpc) is 3.16. The molecule has 0 saturated heterocycles. The van der Waals surface area contributed by atoms with Gasteiger partial charge in [0.2, 0.25) is 0 Å². The van der Waals surface area contributed by atoms with Crippen LogP contribution in [0.3, 0.4) is 0 Å². The van der Waals surface area contributed by atoms with Crippen molar-refractivity contribution in [2.24, 2.45) is 0 Å². The largest absolute Gasteiger partial charge is 0.417 e. The molecule has 4 rings (SSSR count). The van der Waals surface area contributed by atoms with Gasteiger partial charge in [-0.05, 0) is 48.0 Å². The van der Waals surface area contributed by atoms with Crippen molar-refractivity contribution in [1.82, 2.24) is 20.3 Å². The first kappa shape index (κ1) is 22.1. The van der Waals surface area contributed by atoms with Crippen LogP contribution in [0.4, 0.5) is 13.2 Å². The summed E-state index contributed by atoms with van der Waals surface area (Å²) < 4.78 is 37.8.